The number of sulfonamides is 1. The first-order valence-corrected chi connectivity index (χ1v) is 11.9. The van der Waals surface area contributed by atoms with Gasteiger partial charge in [-0.05, 0) is 30.2 Å². The van der Waals surface area contributed by atoms with Crippen LogP contribution in [0.1, 0.15) is 16.7 Å². The number of hydrogen-bond donors (Lipinski definition) is 1. The Hall–Kier alpha value is -3.69. The first-order valence-electron chi connectivity index (χ1n) is 10.5. The van der Waals surface area contributed by atoms with Gasteiger partial charge in [0.05, 0.1) is 27.0 Å². The topological polar surface area (TPSA) is 97.3 Å². The minimum atomic E-state index is -4.14. The van der Waals surface area contributed by atoms with Gasteiger partial charge in [0, 0.05) is 12.6 Å². The molecular weight excluding hydrogens is 454 g/mol. The van der Waals surface area contributed by atoms with E-state index in [0.29, 0.717) is 5.75 Å². The number of methoxy groups -OCH3 is 2. The van der Waals surface area contributed by atoms with Crippen LogP contribution < -0.4 is 14.9 Å². The second-order valence-corrected chi connectivity index (χ2v) is 9.39. The summed E-state index contributed by atoms with van der Waals surface area (Å²) in [5, 5.41) is 3.97. The smallest absolute Gasteiger partial charge is 0.255 e. The molecule has 0 atom stereocenters. The van der Waals surface area contributed by atoms with E-state index in [-0.39, 0.29) is 17.2 Å². The van der Waals surface area contributed by atoms with Crippen molar-refractivity contribution in [3.63, 3.8) is 0 Å². The van der Waals surface area contributed by atoms with Crippen LogP contribution in [0.15, 0.2) is 82.8 Å². The van der Waals surface area contributed by atoms with Crippen LogP contribution in [0.2, 0.25) is 0 Å². The summed E-state index contributed by atoms with van der Waals surface area (Å²) >= 11 is 0. The van der Waals surface area contributed by atoms with Gasteiger partial charge in [-0.15, -0.1) is 0 Å². The third-order valence-electron chi connectivity index (χ3n) is 4.96. The van der Waals surface area contributed by atoms with E-state index in [4.69, 9.17) is 9.47 Å². The fourth-order valence-electron chi connectivity index (χ4n) is 3.26. The molecule has 0 fully saturated rings. The fourth-order valence-corrected chi connectivity index (χ4v) is 4.82. The molecule has 0 spiro atoms. The predicted molar refractivity (Wildman–Crippen MR) is 130 cm³/mol. The molecule has 0 bridgehead atoms. The fraction of sp³-hybridized carbons (Fsp3) is 0.200. The van der Waals surface area contributed by atoms with Crippen LogP contribution in [-0.2, 0) is 21.4 Å². The molecule has 8 nitrogen and oxygen atoms in total. The Balaban J connectivity index is 1.87. The zero-order chi connectivity index (χ0) is 24.6. The van der Waals surface area contributed by atoms with Crippen LogP contribution in [0.3, 0.4) is 0 Å². The Kier molecular flexibility index (Phi) is 8.39. The lowest BCUT2D eigenvalue weighted by Crippen LogP contribution is -2.39. The highest BCUT2D eigenvalue weighted by molar-refractivity contribution is 7.89. The van der Waals surface area contributed by atoms with Crippen LogP contribution in [0, 0.1) is 6.92 Å². The summed E-state index contributed by atoms with van der Waals surface area (Å²) in [5.41, 5.74) is 5.01. The average Bonchev–Trinajstić information content (AvgIpc) is 2.84. The highest BCUT2D eigenvalue weighted by atomic mass is 32.2. The van der Waals surface area contributed by atoms with Crippen LogP contribution >= 0.6 is 0 Å². The molecule has 0 radical (unpaired) electrons. The number of carbonyl (C=O) groups excluding carboxylic acids is 1. The van der Waals surface area contributed by atoms with Crippen molar-refractivity contribution in [2.45, 2.75) is 18.4 Å². The van der Waals surface area contributed by atoms with Crippen molar-refractivity contribution in [1.29, 1.82) is 0 Å². The van der Waals surface area contributed by atoms with E-state index in [0.717, 1.165) is 21.0 Å². The number of nitrogens with zero attached hydrogens (tertiary/aromatic N) is 2. The normalized spacial score (nSPS) is 11.5. The summed E-state index contributed by atoms with van der Waals surface area (Å²) in [4.78, 5) is 12.6. The molecule has 3 rings (SSSR count). The molecule has 34 heavy (non-hydrogen) atoms. The van der Waals surface area contributed by atoms with Crippen molar-refractivity contribution in [2.24, 2.45) is 5.10 Å². The van der Waals surface area contributed by atoms with Crippen molar-refractivity contribution in [3.8, 4) is 11.5 Å². The quantitative estimate of drug-likeness (QED) is 0.354. The van der Waals surface area contributed by atoms with E-state index in [9.17, 15) is 13.2 Å². The SMILES string of the molecule is COc1ccc(OC)c(S(=O)(=O)N(CC(=O)NN=Cc2cccc(C)c2)Cc2ccccc2)c1. The van der Waals surface area contributed by atoms with Gasteiger partial charge in [-0.1, -0.05) is 60.2 Å². The molecule has 9 heteroatoms. The van der Waals surface area contributed by atoms with Gasteiger partial charge in [-0.3, -0.25) is 4.79 Å². The largest absolute Gasteiger partial charge is 0.497 e. The van der Waals surface area contributed by atoms with Gasteiger partial charge in [-0.25, -0.2) is 13.8 Å². The first kappa shape index (κ1) is 24.9. The summed E-state index contributed by atoms with van der Waals surface area (Å²) in [5.74, 6) is -0.0757. The van der Waals surface area contributed by atoms with E-state index in [1.807, 2.05) is 37.3 Å². The molecule has 0 aliphatic heterocycles. The molecule has 0 aromatic heterocycles. The van der Waals surface area contributed by atoms with E-state index >= 15 is 0 Å². The molecule has 0 saturated carbocycles. The minimum Gasteiger partial charge on any atom is -0.497 e. The molecule has 1 N–H and O–H groups in total. The van der Waals surface area contributed by atoms with Crippen molar-refractivity contribution in [2.75, 3.05) is 20.8 Å². The second-order valence-electron chi connectivity index (χ2n) is 7.48. The molecule has 0 unspecified atom stereocenters. The number of nitrogens with one attached hydrogen (secondary N) is 1. The number of ether oxygens (including phenoxy) is 2. The van der Waals surface area contributed by atoms with Gasteiger partial charge in [0.2, 0.25) is 10.0 Å². The molecule has 0 aliphatic carbocycles. The van der Waals surface area contributed by atoms with E-state index in [2.05, 4.69) is 10.5 Å². The molecule has 3 aromatic rings. The summed E-state index contributed by atoms with van der Waals surface area (Å²) in [6.07, 6.45) is 1.51. The Bertz CT molecular complexity index is 1260. The molecule has 178 valence electrons. The van der Waals surface area contributed by atoms with Crippen LogP contribution in [0.5, 0.6) is 11.5 Å². The van der Waals surface area contributed by atoms with Gasteiger partial charge >= 0.3 is 0 Å². The number of amides is 1. The van der Waals surface area contributed by atoms with E-state index in [1.54, 1.807) is 30.3 Å². The van der Waals surface area contributed by atoms with Crippen LogP contribution in [0.25, 0.3) is 0 Å². The summed E-state index contributed by atoms with van der Waals surface area (Å²) in [6, 6.07) is 21.1. The number of hydrogen-bond acceptors (Lipinski definition) is 6. The van der Waals surface area contributed by atoms with Crippen LogP contribution in [-0.4, -0.2) is 45.6 Å². The lowest BCUT2D eigenvalue weighted by atomic mass is 10.2. The lowest BCUT2D eigenvalue weighted by molar-refractivity contribution is -0.121. The third kappa shape index (κ3) is 6.43. The summed E-state index contributed by atoms with van der Waals surface area (Å²) < 4.78 is 38.8. The predicted octanol–water partition coefficient (Wildman–Crippen LogP) is 3.35. The highest BCUT2D eigenvalue weighted by Gasteiger charge is 2.30. The maximum absolute atomic E-state index is 13.6. The average molecular weight is 482 g/mol. The second kappa shape index (κ2) is 11.4. The molecule has 3 aromatic carbocycles. The monoisotopic (exact) mass is 481 g/mol. The van der Waals surface area contributed by atoms with Gasteiger partial charge in [0.1, 0.15) is 16.4 Å². The van der Waals surface area contributed by atoms with Crippen molar-refractivity contribution in [3.05, 3.63) is 89.5 Å². The molecule has 0 saturated heterocycles. The van der Waals surface area contributed by atoms with Gasteiger partial charge in [0.25, 0.3) is 5.91 Å². The van der Waals surface area contributed by atoms with Gasteiger partial charge in [-0.2, -0.15) is 9.41 Å². The molecule has 0 heterocycles. The van der Waals surface area contributed by atoms with Crippen molar-refractivity contribution < 1.29 is 22.7 Å². The Morgan fingerprint density at radius 3 is 2.44 bits per heavy atom. The van der Waals surface area contributed by atoms with E-state index < -0.39 is 22.5 Å². The minimum absolute atomic E-state index is 0.0153. The highest BCUT2D eigenvalue weighted by Crippen LogP contribution is 2.31. The Labute approximate surface area is 199 Å². The molecule has 1 amide bonds. The maximum atomic E-state index is 13.6. The third-order valence-corrected chi connectivity index (χ3v) is 6.77. The summed E-state index contributed by atoms with van der Waals surface area (Å²) in [7, 11) is -1.31. The zero-order valence-corrected chi connectivity index (χ0v) is 20.1. The number of hydrazone groups is 1. The van der Waals surface area contributed by atoms with Crippen molar-refractivity contribution >= 4 is 22.1 Å². The Morgan fingerprint density at radius 2 is 1.76 bits per heavy atom. The Morgan fingerprint density at radius 1 is 1.00 bits per heavy atom. The number of benzene rings is 3. The number of carbonyl (C=O) groups is 1. The molecule has 0 aliphatic rings. The zero-order valence-electron chi connectivity index (χ0n) is 19.3. The first-order chi connectivity index (χ1) is 16.3. The van der Waals surface area contributed by atoms with Gasteiger partial charge in [0.15, 0.2) is 0 Å². The summed E-state index contributed by atoms with van der Waals surface area (Å²) in [6.45, 7) is 1.50. The number of rotatable bonds is 10. The van der Waals surface area contributed by atoms with Gasteiger partial charge < -0.3 is 9.47 Å². The standard InChI is InChI=1S/C25H27N3O5S/c1-19-8-7-11-21(14-19)16-26-27-25(29)18-28(17-20-9-5-4-6-10-20)34(30,31)24-15-22(32-2)12-13-23(24)33-3/h4-16H,17-18H2,1-3H3,(H,27,29). The number of aryl methyl sites for hydroxylation is 1. The maximum Gasteiger partial charge on any atom is 0.255 e. The van der Waals surface area contributed by atoms with E-state index in [1.165, 1.54) is 32.6 Å². The lowest BCUT2D eigenvalue weighted by Gasteiger charge is -2.23. The molecular formula is C25H27N3O5S. The van der Waals surface area contributed by atoms with Crippen molar-refractivity contribution in [1.82, 2.24) is 9.73 Å². The van der Waals surface area contributed by atoms with Crippen LogP contribution in [0.4, 0.5) is 0 Å².